The Morgan fingerprint density at radius 1 is 1.56 bits per heavy atom. The highest BCUT2D eigenvalue weighted by molar-refractivity contribution is 8.00. The summed E-state index contributed by atoms with van der Waals surface area (Å²) < 4.78 is -0.224. The minimum atomic E-state index is -0.224. The quantitative estimate of drug-likeness (QED) is 0.792. The van der Waals surface area contributed by atoms with E-state index in [-0.39, 0.29) is 10.7 Å². The number of rotatable bonds is 4. The highest BCUT2D eigenvalue weighted by Crippen LogP contribution is 2.33. The average molecular weight is 241 g/mol. The summed E-state index contributed by atoms with van der Waals surface area (Å²) in [7, 11) is 0. The molecule has 4 nitrogen and oxygen atoms in total. The molecule has 1 saturated heterocycles. The number of nitrogens with zero attached hydrogens (tertiary/aromatic N) is 2. The van der Waals surface area contributed by atoms with Gasteiger partial charge in [-0.1, -0.05) is 0 Å². The third-order valence-electron chi connectivity index (χ3n) is 3.00. The van der Waals surface area contributed by atoms with Crippen molar-refractivity contribution in [3.63, 3.8) is 0 Å². The van der Waals surface area contributed by atoms with E-state index >= 15 is 0 Å². The van der Waals surface area contributed by atoms with Crippen LogP contribution in [0, 0.1) is 11.3 Å². The lowest BCUT2D eigenvalue weighted by Crippen LogP contribution is -2.45. The van der Waals surface area contributed by atoms with Gasteiger partial charge in [-0.15, -0.1) is 11.8 Å². The molecule has 0 atom stereocenters. The monoisotopic (exact) mass is 241 g/mol. The number of carbonyl (C=O) groups excluding carboxylic acids is 1. The molecule has 16 heavy (non-hydrogen) atoms. The molecule has 1 aliphatic heterocycles. The predicted molar refractivity (Wildman–Crippen MR) is 66.2 cm³/mol. The Hall–Kier alpha value is -0.730. The Morgan fingerprint density at radius 2 is 2.19 bits per heavy atom. The number of nitrogens with one attached hydrogen (secondary N) is 1. The van der Waals surface area contributed by atoms with Gasteiger partial charge < -0.3 is 5.32 Å². The molecule has 1 heterocycles. The normalized spacial score (nSPS) is 20.1. The van der Waals surface area contributed by atoms with Gasteiger partial charge in [-0.2, -0.15) is 5.26 Å². The summed E-state index contributed by atoms with van der Waals surface area (Å²) >= 11 is 1.64. The summed E-state index contributed by atoms with van der Waals surface area (Å²) in [6.45, 7) is 4.74. The summed E-state index contributed by atoms with van der Waals surface area (Å²) in [6, 6.07) is 2.40. The first-order chi connectivity index (χ1) is 7.65. The Kier molecular flexibility index (Phi) is 5.10. The van der Waals surface area contributed by atoms with Gasteiger partial charge in [-0.05, 0) is 26.0 Å². The van der Waals surface area contributed by atoms with Gasteiger partial charge in [0.25, 0.3) is 0 Å². The highest BCUT2D eigenvalue weighted by atomic mass is 32.2. The topological polar surface area (TPSA) is 56.1 Å². The van der Waals surface area contributed by atoms with Crippen molar-refractivity contribution in [1.29, 1.82) is 5.26 Å². The van der Waals surface area contributed by atoms with Gasteiger partial charge in [0.05, 0.1) is 12.6 Å². The molecular weight excluding hydrogens is 222 g/mol. The van der Waals surface area contributed by atoms with Gasteiger partial charge >= 0.3 is 0 Å². The number of piperidine rings is 1. The van der Waals surface area contributed by atoms with Crippen LogP contribution in [0.3, 0.4) is 0 Å². The molecule has 0 aliphatic carbocycles. The Balaban J connectivity index is 2.38. The maximum absolute atomic E-state index is 11.4. The van der Waals surface area contributed by atoms with Crippen LogP contribution in [0.25, 0.3) is 0 Å². The Bertz CT molecular complexity index is 279. The lowest BCUT2D eigenvalue weighted by molar-refractivity contribution is -0.122. The van der Waals surface area contributed by atoms with Crippen LogP contribution in [0.4, 0.5) is 0 Å². The summed E-state index contributed by atoms with van der Waals surface area (Å²) in [4.78, 5) is 13.5. The molecule has 90 valence electrons. The third-order valence-corrected chi connectivity index (χ3v) is 4.28. The number of nitriles is 1. The van der Waals surface area contributed by atoms with Crippen LogP contribution < -0.4 is 5.32 Å². The zero-order chi connectivity index (χ0) is 12.0. The van der Waals surface area contributed by atoms with E-state index in [2.05, 4.69) is 16.3 Å². The average Bonchev–Trinajstić information content (AvgIpc) is 2.31. The van der Waals surface area contributed by atoms with Crippen molar-refractivity contribution in [3.8, 4) is 6.07 Å². The maximum Gasteiger partial charge on any atom is 0.234 e. The summed E-state index contributed by atoms with van der Waals surface area (Å²) in [5, 5.41) is 11.9. The first kappa shape index (κ1) is 13.3. The molecule has 1 N–H and O–H groups in total. The lowest BCUT2D eigenvalue weighted by Gasteiger charge is -2.35. The smallest absolute Gasteiger partial charge is 0.234 e. The molecule has 1 aliphatic rings. The van der Waals surface area contributed by atoms with Crippen LogP contribution >= 0.6 is 11.8 Å². The third kappa shape index (κ3) is 3.39. The van der Waals surface area contributed by atoms with Crippen molar-refractivity contribution >= 4 is 17.7 Å². The number of thioether (sulfide) groups is 1. The minimum absolute atomic E-state index is 0.0797. The van der Waals surface area contributed by atoms with Gasteiger partial charge in [-0.3, -0.25) is 9.69 Å². The van der Waals surface area contributed by atoms with Crippen LogP contribution in [0.15, 0.2) is 0 Å². The number of likely N-dealkylation sites (N-methyl/N-ethyl adjacent to an activating group) is 1. The summed E-state index contributed by atoms with van der Waals surface area (Å²) in [5.41, 5.74) is 0. The molecule has 0 aromatic carbocycles. The van der Waals surface area contributed by atoms with Crippen LogP contribution in [0.5, 0.6) is 0 Å². The van der Waals surface area contributed by atoms with Crippen molar-refractivity contribution in [2.45, 2.75) is 24.5 Å². The van der Waals surface area contributed by atoms with Crippen LogP contribution in [0.1, 0.15) is 19.8 Å². The van der Waals surface area contributed by atoms with Crippen LogP contribution in [-0.2, 0) is 4.79 Å². The molecular formula is C11H19N3OS. The van der Waals surface area contributed by atoms with Crippen molar-refractivity contribution in [3.05, 3.63) is 0 Å². The molecule has 0 saturated carbocycles. The molecule has 5 heteroatoms. The standard InChI is InChI=1S/C11H19N3OS/c1-3-13-10(15)8-14-6-4-11(9-12,16-2)5-7-14/h3-8H2,1-2H3,(H,13,15). The van der Waals surface area contributed by atoms with Gasteiger partial charge in [0.2, 0.25) is 5.91 Å². The van der Waals surface area contributed by atoms with Crippen molar-refractivity contribution in [2.75, 3.05) is 32.4 Å². The molecule has 0 aromatic heterocycles. The fourth-order valence-electron chi connectivity index (χ4n) is 1.89. The van der Waals surface area contributed by atoms with E-state index in [0.29, 0.717) is 13.1 Å². The molecule has 0 aromatic rings. The van der Waals surface area contributed by atoms with Crippen molar-refractivity contribution in [1.82, 2.24) is 10.2 Å². The molecule has 0 unspecified atom stereocenters. The largest absolute Gasteiger partial charge is 0.355 e. The summed E-state index contributed by atoms with van der Waals surface area (Å²) in [5.74, 6) is 0.0797. The number of carbonyl (C=O) groups is 1. The molecule has 1 rings (SSSR count). The van der Waals surface area contributed by atoms with Gasteiger partial charge in [0, 0.05) is 19.6 Å². The van der Waals surface area contributed by atoms with Gasteiger partial charge in [0.15, 0.2) is 0 Å². The van der Waals surface area contributed by atoms with E-state index in [1.54, 1.807) is 11.8 Å². The van der Waals surface area contributed by atoms with Crippen LogP contribution in [0.2, 0.25) is 0 Å². The van der Waals surface area contributed by atoms with Crippen molar-refractivity contribution < 1.29 is 4.79 Å². The summed E-state index contributed by atoms with van der Waals surface area (Å²) in [6.07, 6.45) is 3.69. The maximum atomic E-state index is 11.4. The molecule has 1 amide bonds. The molecule has 1 fully saturated rings. The van der Waals surface area contributed by atoms with E-state index < -0.39 is 0 Å². The van der Waals surface area contributed by atoms with Gasteiger partial charge in [0.1, 0.15) is 4.75 Å². The second kappa shape index (κ2) is 6.12. The first-order valence-electron chi connectivity index (χ1n) is 5.61. The van der Waals surface area contributed by atoms with Gasteiger partial charge in [-0.25, -0.2) is 0 Å². The number of amides is 1. The Labute approximate surface area is 101 Å². The van der Waals surface area contributed by atoms with E-state index in [1.807, 2.05) is 13.2 Å². The minimum Gasteiger partial charge on any atom is -0.355 e. The molecule has 0 spiro atoms. The number of hydrogen-bond donors (Lipinski definition) is 1. The predicted octanol–water partition coefficient (Wildman–Crippen LogP) is 0.844. The van der Waals surface area contributed by atoms with Crippen LogP contribution in [-0.4, -0.2) is 48.0 Å². The SMILES string of the molecule is CCNC(=O)CN1CCC(C#N)(SC)CC1. The molecule has 0 radical (unpaired) electrons. The molecule has 0 bridgehead atoms. The Morgan fingerprint density at radius 3 is 2.62 bits per heavy atom. The van der Waals surface area contributed by atoms with Crippen molar-refractivity contribution in [2.24, 2.45) is 0 Å². The zero-order valence-corrected chi connectivity index (χ0v) is 10.8. The second-order valence-corrected chi connectivity index (χ2v) is 5.23. The van der Waals surface area contributed by atoms with E-state index in [0.717, 1.165) is 25.9 Å². The zero-order valence-electron chi connectivity index (χ0n) is 9.95. The number of likely N-dealkylation sites (tertiary alicyclic amines) is 1. The first-order valence-corrected chi connectivity index (χ1v) is 6.83. The van der Waals surface area contributed by atoms with E-state index in [9.17, 15) is 4.79 Å². The lowest BCUT2D eigenvalue weighted by atomic mass is 9.97. The highest BCUT2D eigenvalue weighted by Gasteiger charge is 2.34. The fraction of sp³-hybridized carbons (Fsp3) is 0.818. The van der Waals surface area contributed by atoms with E-state index in [1.165, 1.54) is 0 Å². The van der Waals surface area contributed by atoms with E-state index in [4.69, 9.17) is 5.26 Å². The second-order valence-electron chi connectivity index (χ2n) is 4.04. The number of hydrogen-bond acceptors (Lipinski definition) is 4. The fourth-order valence-corrected chi connectivity index (χ4v) is 2.57.